The van der Waals surface area contributed by atoms with E-state index in [1.165, 1.54) is 0 Å². The van der Waals surface area contributed by atoms with Gasteiger partial charge in [-0.15, -0.1) is 11.8 Å². The fraction of sp³-hybridized carbons (Fsp3) is 0.909. The number of sulfone groups is 1. The number of carbonyl (C=O) groups is 1. The van der Waals surface area contributed by atoms with Gasteiger partial charge in [0.1, 0.15) is 5.25 Å². The van der Waals surface area contributed by atoms with Gasteiger partial charge in [0.05, 0.1) is 10.5 Å². The molecule has 0 bridgehead atoms. The zero-order chi connectivity index (χ0) is 11.8. The first-order chi connectivity index (χ1) is 7.46. The highest BCUT2D eigenvalue weighted by Gasteiger charge is 2.46. The minimum atomic E-state index is -3.16. The molecule has 0 aromatic carbocycles. The summed E-state index contributed by atoms with van der Waals surface area (Å²) in [6.45, 7) is 1.91. The van der Waals surface area contributed by atoms with Gasteiger partial charge in [-0.2, -0.15) is 0 Å². The smallest absolute Gasteiger partial charge is 0.166 e. The lowest BCUT2D eigenvalue weighted by molar-refractivity contribution is -0.120. The Kier molecular flexibility index (Phi) is 3.36. The molecule has 2 rings (SSSR count). The van der Waals surface area contributed by atoms with E-state index in [1.807, 2.05) is 6.92 Å². The number of ketones is 1. The summed E-state index contributed by atoms with van der Waals surface area (Å²) in [7, 11) is -3.16. The minimum absolute atomic E-state index is 0.0327. The molecule has 0 aromatic rings. The van der Waals surface area contributed by atoms with Gasteiger partial charge in [-0.25, -0.2) is 8.42 Å². The second-order valence-electron chi connectivity index (χ2n) is 4.90. The summed E-state index contributed by atoms with van der Waals surface area (Å²) in [5.74, 6) is 1.15. The standard InChI is InChI=1S/C11H18O3S2/c1-11(6-4-7-15-11)10(12)9-5-2-3-8-16(9,13)14/h9H,2-8H2,1H3. The van der Waals surface area contributed by atoms with Crippen molar-refractivity contribution in [2.45, 2.75) is 49.0 Å². The van der Waals surface area contributed by atoms with Crippen molar-refractivity contribution in [3.63, 3.8) is 0 Å². The highest BCUT2D eigenvalue weighted by molar-refractivity contribution is 8.01. The zero-order valence-electron chi connectivity index (χ0n) is 9.57. The molecule has 5 heteroatoms. The van der Waals surface area contributed by atoms with E-state index in [-0.39, 0.29) is 11.5 Å². The topological polar surface area (TPSA) is 51.2 Å². The van der Waals surface area contributed by atoms with Crippen LogP contribution in [0, 0.1) is 0 Å². The summed E-state index contributed by atoms with van der Waals surface area (Å²) < 4.78 is 23.3. The number of hydrogen-bond acceptors (Lipinski definition) is 4. The molecule has 3 nitrogen and oxygen atoms in total. The summed E-state index contributed by atoms with van der Waals surface area (Å²) in [5.41, 5.74) is 0. The third kappa shape index (κ3) is 2.16. The first-order valence-electron chi connectivity index (χ1n) is 5.86. The Morgan fingerprint density at radius 2 is 2.06 bits per heavy atom. The van der Waals surface area contributed by atoms with Crippen LogP contribution in [0.3, 0.4) is 0 Å². The Morgan fingerprint density at radius 3 is 2.62 bits per heavy atom. The minimum Gasteiger partial charge on any atom is -0.297 e. The molecule has 0 radical (unpaired) electrons. The average molecular weight is 262 g/mol. The van der Waals surface area contributed by atoms with Crippen molar-refractivity contribution in [3.8, 4) is 0 Å². The van der Waals surface area contributed by atoms with Gasteiger partial charge in [0.15, 0.2) is 15.6 Å². The number of carbonyl (C=O) groups excluding carboxylic acids is 1. The molecular formula is C11H18O3S2. The molecule has 0 N–H and O–H groups in total. The van der Waals surface area contributed by atoms with Crippen LogP contribution in [0.15, 0.2) is 0 Å². The van der Waals surface area contributed by atoms with E-state index >= 15 is 0 Å². The predicted octanol–water partition coefficient (Wildman–Crippen LogP) is 1.81. The molecule has 2 saturated heterocycles. The molecule has 16 heavy (non-hydrogen) atoms. The van der Waals surface area contributed by atoms with Crippen LogP contribution in [0.1, 0.15) is 39.0 Å². The van der Waals surface area contributed by atoms with Crippen LogP contribution in [0.25, 0.3) is 0 Å². The third-order valence-corrected chi connectivity index (χ3v) is 7.32. The Bertz CT molecular complexity index is 380. The maximum atomic E-state index is 12.3. The fourth-order valence-electron chi connectivity index (χ4n) is 2.56. The lowest BCUT2D eigenvalue weighted by Crippen LogP contribution is -2.44. The molecule has 2 fully saturated rings. The number of hydrogen-bond donors (Lipinski definition) is 0. The number of thioether (sulfide) groups is 1. The molecule has 2 unspecified atom stereocenters. The first-order valence-corrected chi connectivity index (χ1v) is 8.56. The number of rotatable bonds is 2. The quantitative estimate of drug-likeness (QED) is 0.761. The molecule has 0 saturated carbocycles. The Balaban J connectivity index is 2.20. The van der Waals surface area contributed by atoms with Crippen molar-refractivity contribution < 1.29 is 13.2 Å². The molecule has 92 valence electrons. The SMILES string of the molecule is CC1(C(=O)C2CCCCS2(=O)=O)CCCS1. The van der Waals surface area contributed by atoms with Gasteiger partial charge in [-0.1, -0.05) is 6.42 Å². The molecule has 0 amide bonds. The summed E-state index contributed by atoms with van der Waals surface area (Å²) in [6, 6.07) is 0. The Hall–Kier alpha value is -0.0300. The van der Waals surface area contributed by atoms with E-state index < -0.39 is 19.8 Å². The molecule has 0 aliphatic carbocycles. The molecule has 2 aliphatic heterocycles. The molecule has 2 aliphatic rings. The molecular weight excluding hydrogens is 244 g/mol. The number of Topliss-reactive ketones (excluding diaryl/α,β-unsaturated/α-hetero) is 1. The summed E-state index contributed by atoms with van der Waals surface area (Å²) >= 11 is 1.63. The van der Waals surface area contributed by atoms with Crippen LogP contribution in [-0.4, -0.2) is 35.7 Å². The maximum Gasteiger partial charge on any atom is 0.166 e. The molecule has 2 atom stereocenters. The van der Waals surface area contributed by atoms with Gasteiger partial charge in [0.25, 0.3) is 0 Å². The highest BCUT2D eigenvalue weighted by atomic mass is 32.2. The second kappa shape index (κ2) is 4.33. The van der Waals surface area contributed by atoms with Crippen molar-refractivity contribution in [3.05, 3.63) is 0 Å². The van der Waals surface area contributed by atoms with Crippen LogP contribution in [0.4, 0.5) is 0 Å². The summed E-state index contributed by atoms with van der Waals surface area (Å²) in [5, 5.41) is -0.711. The van der Waals surface area contributed by atoms with Crippen LogP contribution < -0.4 is 0 Å². The third-order valence-electron chi connectivity index (χ3n) is 3.61. The van der Waals surface area contributed by atoms with Crippen molar-refractivity contribution in [1.82, 2.24) is 0 Å². The monoisotopic (exact) mass is 262 g/mol. The largest absolute Gasteiger partial charge is 0.297 e. The Labute approximate surface area is 101 Å². The van der Waals surface area contributed by atoms with E-state index in [0.717, 1.165) is 31.4 Å². The van der Waals surface area contributed by atoms with Crippen molar-refractivity contribution in [1.29, 1.82) is 0 Å². The van der Waals surface area contributed by atoms with Crippen LogP contribution >= 0.6 is 11.8 Å². The summed E-state index contributed by atoms with van der Waals surface area (Å²) in [4.78, 5) is 12.3. The average Bonchev–Trinajstić information content (AvgIpc) is 2.65. The van der Waals surface area contributed by atoms with Gasteiger partial charge < -0.3 is 0 Å². The van der Waals surface area contributed by atoms with E-state index in [4.69, 9.17) is 0 Å². The molecule has 0 spiro atoms. The van der Waals surface area contributed by atoms with Crippen LogP contribution in [-0.2, 0) is 14.6 Å². The fourth-order valence-corrected chi connectivity index (χ4v) is 5.95. The van der Waals surface area contributed by atoms with Gasteiger partial charge in [-0.3, -0.25) is 4.79 Å². The van der Waals surface area contributed by atoms with Crippen LogP contribution in [0.5, 0.6) is 0 Å². The predicted molar refractivity (Wildman–Crippen MR) is 66.5 cm³/mol. The zero-order valence-corrected chi connectivity index (χ0v) is 11.2. The van der Waals surface area contributed by atoms with E-state index in [1.54, 1.807) is 11.8 Å². The summed E-state index contributed by atoms with van der Waals surface area (Å²) in [6.07, 6.45) is 3.99. The normalized spacial score (nSPS) is 38.4. The highest BCUT2D eigenvalue weighted by Crippen LogP contribution is 2.41. The van der Waals surface area contributed by atoms with E-state index in [0.29, 0.717) is 6.42 Å². The van der Waals surface area contributed by atoms with Crippen molar-refractivity contribution >= 4 is 27.4 Å². The van der Waals surface area contributed by atoms with Crippen LogP contribution in [0.2, 0.25) is 0 Å². The van der Waals surface area contributed by atoms with Gasteiger partial charge >= 0.3 is 0 Å². The lowest BCUT2D eigenvalue weighted by Gasteiger charge is -2.29. The van der Waals surface area contributed by atoms with E-state index in [9.17, 15) is 13.2 Å². The van der Waals surface area contributed by atoms with Gasteiger partial charge in [0, 0.05) is 0 Å². The Morgan fingerprint density at radius 1 is 1.31 bits per heavy atom. The van der Waals surface area contributed by atoms with Gasteiger partial charge in [0.2, 0.25) is 0 Å². The first kappa shape index (κ1) is 12.4. The van der Waals surface area contributed by atoms with Gasteiger partial charge in [-0.05, 0) is 38.4 Å². The second-order valence-corrected chi connectivity index (χ2v) is 8.80. The van der Waals surface area contributed by atoms with E-state index in [2.05, 4.69) is 0 Å². The van der Waals surface area contributed by atoms with Crippen molar-refractivity contribution in [2.24, 2.45) is 0 Å². The lowest BCUT2D eigenvalue weighted by atomic mass is 9.95. The van der Waals surface area contributed by atoms with Crippen molar-refractivity contribution in [2.75, 3.05) is 11.5 Å². The molecule has 2 heterocycles. The molecule has 0 aromatic heterocycles. The maximum absolute atomic E-state index is 12.3.